The molecule has 34 heavy (non-hydrogen) atoms. The largest absolute Gasteiger partial charge is 0.210 e. The molecule has 2 rings (SSSR count). The van der Waals surface area contributed by atoms with Crippen LogP contribution in [0.2, 0.25) is 0 Å². The molecule has 0 saturated carbocycles. The maximum atomic E-state index is 2.49. The lowest BCUT2D eigenvalue weighted by Crippen LogP contribution is -2.31. The first-order valence-corrected chi connectivity index (χ1v) is 14.9. The third kappa shape index (κ3) is 13.3. The summed E-state index contributed by atoms with van der Waals surface area (Å²) < 4.78 is 2.37. The number of hydrogen-bond donors (Lipinski definition) is 0. The lowest BCUT2D eigenvalue weighted by molar-refractivity contribution is -0.596. The molecule has 0 amide bonds. The zero-order valence-corrected chi connectivity index (χ0v) is 22.7. The van der Waals surface area contributed by atoms with E-state index >= 15 is 0 Å². The van der Waals surface area contributed by atoms with E-state index in [1.54, 1.807) is 0 Å². The van der Waals surface area contributed by atoms with Crippen molar-refractivity contribution in [1.82, 2.24) is 0 Å². The van der Waals surface area contributed by atoms with Crippen molar-refractivity contribution in [3.8, 4) is 5.69 Å². The van der Waals surface area contributed by atoms with E-state index in [-0.39, 0.29) is 0 Å². The number of rotatable bonds is 21. The summed E-state index contributed by atoms with van der Waals surface area (Å²) in [5, 5.41) is 0. The summed E-state index contributed by atoms with van der Waals surface area (Å²) in [5.74, 6) is 0. The Morgan fingerprint density at radius 1 is 0.471 bits per heavy atom. The average molecular weight is 465 g/mol. The summed E-state index contributed by atoms with van der Waals surface area (Å²) in [6, 6.07) is 13.4. The molecule has 0 unspecified atom stereocenters. The van der Waals surface area contributed by atoms with Crippen molar-refractivity contribution in [2.75, 3.05) is 0 Å². The smallest absolute Gasteiger partial charge is 0.167 e. The number of pyridine rings is 1. The molecule has 0 N–H and O–H groups in total. The number of aryl methyl sites for hydroxylation is 2. The van der Waals surface area contributed by atoms with E-state index < -0.39 is 0 Å². The summed E-state index contributed by atoms with van der Waals surface area (Å²) in [4.78, 5) is 0. The van der Waals surface area contributed by atoms with E-state index in [4.69, 9.17) is 0 Å². The second-order valence-corrected chi connectivity index (χ2v) is 10.5. The maximum absolute atomic E-state index is 2.49. The van der Waals surface area contributed by atoms with Crippen LogP contribution in [0.5, 0.6) is 0 Å². The van der Waals surface area contributed by atoms with Gasteiger partial charge in [-0.15, -0.1) is 0 Å². The number of aromatic nitrogens is 1. The van der Waals surface area contributed by atoms with E-state index in [0.717, 1.165) is 0 Å². The lowest BCUT2D eigenvalue weighted by atomic mass is 10.0. The van der Waals surface area contributed by atoms with Crippen molar-refractivity contribution in [3.63, 3.8) is 0 Å². The molecule has 0 saturated heterocycles. The van der Waals surface area contributed by atoms with Crippen molar-refractivity contribution in [2.45, 2.75) is 142 Å². The Kier molecular flexibility index (Phi) is 16.5. The Balaban J connectivity index is 1.76. The zero-order valence-electron chi connectivity index (χ0n) is 22.7. The standard InChI is InChI=1S/C33H54N/c1-3-5-7-9-11-13-15-17-20-24-31-28-32(25-21-18-16-14-12-10-8-6-4-2)30-34(29-31)33-26-22-19-23-27-33/h19,22-23,26-30H,3-18,20-21,24-25H2,1-2H3/q+1. The van der Waals surface area contributed by atoms with Gasteiger partial charge in [0, 0.05) is 23.3 Å². The predicted molar refractivity (Wildman–Crippen MR) is 150 cm³/mol. The van der Waals surface area contributed by atoms with Crippen LogP contribution in [0.3, 0.4) is 0 Å². The number of benzene rings is 1. The number of hydrogen-bond acceptors (Lipinski definition) is 0. The SMILES string of the molecule is CCCCCCCCCCCc1cc(CCCCCCCCCCC)c[n+](-c2ccccc2)c1. The van der Waals surface area contributed by atoms with E-state index in [1.807, 2.05) is 0 Å². The topological polar surface area (TPSA) is 3.88 Å². The van der Waals surface area contributed by atoms with Crippen LogP contribution in [0.1, 0.15) is 141 Å². The summed E-state index contributed by atoms with van der Waals surface area (Å²) in [7, 11) is 0. The van der Waals surface area contributed by atoms with E-state index in [9.17, 15) is 0 Å². The van der Waals surface area contributed by atoms with Gasteiger partial charge in [-0.1, -0.05) is 135 Å². The number of para-hydroxylation sites is 1. The fraction of sp³-hybridized carbons (Fsp3) is 0.667. The molecule has 1 heterocycles. The normalized spacial score (nSPS) is 11.2. The predicted octanol–water partition coefficient (Wildman–Crippen LogP) is 10.1. The highest BCUT2D eigenvalue weighted by Gasteiger charge is 2.10. The van der Waals surface area contributed by atoms with Crippen LogP contribution in [0.25, 0.3) is 5.69 Å². The van der Waals surface area contributed by atoms with Gasteiger partial charge >= 0.3 is 0 Å². The molecule has 1 nitrogen and oxygen atoms in total. The Morgan fingerprint density at radius 3 is 1.26 bits per heavy atom. The van der Waals surface area contributed by atoms with Gasteiger partial charge in [-0.25, -0.2) is 0 Å². The molecular formula is C33H54N+. The maximum Gasteiger partial charge on any atom is 0.210 e. The molecule has 0 bridgehead atoms. The van der Waals surface area contributed by atoms with Crippen molar-refractivity contribution in [2.24, 2.45) is 0 Å². The van der Waals surface area contributed by atoms with Gasteiger partial charge in [-0.05, 0) is 31.7 Å². The fourth-order valence-electron chi connectivity index (χ4n) is 5.01. The number of unbranched alkanes of at least 4 members (excludes halogenated alkanes) is 16. The van der Waals surface area contributed by atoms with E-state index in [1.165, 1.54) is 145 Å². The number of nitrogens with zero attached hydrogens (tertiary/aromatic N) is 1. The van der Waals surface area contributed by atoms with Crippen LogP contribution >= 0.6 is 0 Å². The van der Waals surface area contributed by atoms with E-state index in [2.05, 4.69) is 67.2 Å². The molecule has 0 aliphatic carbocycles. The highest BCUT2D eigenvalue weighted by atomic mass is 14.9. The van der Waals surface area contributed by atoms with Crippen LogP contribution in [0, 0.1) is 0 Å². The van der Waals surface area contributed by atoms with Crippen molar-refractivity contribution >= 4 is 0 Å². The molecule has 0 radical (unpaired) electrons. The summed E-state index contributed by atoms with van der Waals surface area (Å²) >= 11 is 0. The highest BCUT2D eigenvalue weighted by Crippen LogP contribution is 2.15. The summed E-state index contributed by atoms with van der Waals surface area (Å²) in [5.41, 5.74) is 4.31. The molecule has 0 fully saturated rings. The second-order valence-electron chi connectivity index (χ2n) is 10.5. The van der Waals surface area contributed by atoms with Gasteiger partial charge in [0.1, 0.15) is 0 Å². The monoisotopic (exact) mass is 464 g/mol. The highest BCUT2D eigenvalue weighted by molar-refractivity contribution is 5.24. The molecule has 1 aromatic carbocycles. The minimum atomic E-state index is 1.22. The zero-order chi connectivity index (χ0) is 24.1. The molecule has 2 aromatic rings. The summed E-state index contributed by atoms with van der Waals surface area (Å²) in [6.07, 6.45) is 32.4. The first kappa shape index (κ1) is 28.6. The van der Waals surface area contributed by atoms with Crippen LogP contribution < -0.4 is 4.57 Å². The van der Waals surface area contributed by atoms with Gasteiger partial charge < -0.3 is 0 Å². The third-order valence-electron chi connectivity index (χ3n) is 7.17. The van der Waals surface area contributed by atoms with Crippen LogP contribution in [-0.4, -0.2) is 0 Å². The lowest BCUT2D eigenvalue weighted by Gasteiger charge is -2.07. The van der Waals surface area contributed by atoms with Crippen LogP contribution in [0.4, 0.5) is 0 Å². The molecule has 0 aliphatic heterocycles. The molecule has 1 heteroatoms. The molecule has 190 valence electrons. The van der Waals surface area contributed by atoms with Crippen LogP contribution in [-0.2, 0) is 12.8 Å². The average Bonchev–Trinajstić information content (AvgIpc) is 2.87. The minimum Gasteiger partial charge on any atom is -0.167 e. The molecule has 0 aliphatic rings. The first-order chi connectivity index (χ1) is 16.8. The molecule has 1 aromatic heterocycles. The van der Waals surface area contributed by atoms with Gasteiger partial charge in [0.15, 0.2) is 12.4 Å². The summed E-state index contributed by atoms with van der Waals surface area (Å²) in [6.45, 7) is 4.60. The quantitative estimate of drug-likeness (QED) is 0.128. The van der Waals surface area contributed by atoms with Gasteiger partial charge in [-0.3, -0.25) is 0 Å². The Hall–Kier alpha value is -1.63. The Morgan fingerprint density at radius 2 is 0.853 bits per heavy atom. The van der Waals surface area contributed by atoms with Gasteiger partial charge in [0.25, 0.3) is 0 Å². The minimum absolute atomic E-state index is 1.22. The Labute approximate surface area is 212 Å². The van der Waals surface area contributed by atoms with Gasteiger partial charge in [-0.2, -0.15) is 4.57 Å². The first-order valence-electron chi connectivity index (χ1n) is 14.9. The van der Waals surface area contributed by atoms with Crippen molar-refractivity contribution in [1.29, 1.82) is 0 Å². The fourth-order valence-corrected chi connectivity index (χ4v) is 5.01. The Bertz CT molecular complexity index is 680. The van der Waals surface area contributed by atoms with Crippen LogP contribution in [0.15, 0.2) is 48.8 Å². The van der Waals surface area contributed by atoms with E-state index in [0.29, 0.717) is 0 Å². The molecule has 0 atom stereocenters. The third-order valence-corrected chi connectivity index (χ3v) is 7.17. The van der Waals surface area contributed by atoms with Crippen molar-refractivity contribution in [3.05, 3.63) is 59.9 Å². The molecular weight excluding hydrogens is 410 g/mol. The molecule has 0 spiro atoms. The van der Waals surface area contributed by atoms with Gasteiger partial charge in [0.2, 0.25) is 5.69 Å². The van der Waals surface area contributed by atoms with Crippen molar-refractivity contribution < 1.29 is 4.57 Å². The second kappa shape index (κ2) is 19.7. The van der Waals surface area contributed by atoms with Gasteiger partial charge in [0.05, 0.1) is 0 Å².